The quantitative estimate of drug-likeness (QED) is 0.363. The number of nitrogens with zero attached hydrogens (tertiary/aromatic N) is 2. The minimum Gasteiger partial charge on any atom is -0.493 e. The van der Waals surface area contributed by atoms with E-state index >= 15 is 0 Å². The second-order valence-corrected chi connectivity index (χ2v) is 9.43. The Hall–Kier alpha value is -2.60. The van der Waals surface area contributed by atoms with Gasteiger partial charge in [0.1, 0.15) is 11.6 Å². The average Bonchev–Trinajstić information content (AvgIpc) is 2.72. The first-order valence-corrected chi connectivity index (χ1v) is 12.0. The molecule has 174 valence electrons. The van der Waals surface area contributed by atoms with Gasteiger partial charge in [-0.15, -0.1) is 0 Å². The van der Waals surface area contributed by atoms with Gasteiger partial charge in [0.05, 0.1) is 35.1 Å². The van der Waals surface area contributed by atoms with Gasteiger partial charge in [0.25, 0.3) is 5.56 Å². The molecule has 0 saturated carbocycles. The number of ether oxygens (including phenoxy) is 1. The van der Waals surface area contributed by atoms with Crippen LogP contribution in [0, 0.1) is 5.41 Å². The number of hydrogen-bond acceptors (Lipinski definition) is 8. The molecule has 4 N–H and O–H groups in total. The molecule has 32 heavy (non-hydrogen) atoms. The highest BCUT2D eigenvalue weighted by molar-refractivity contribution is 7.89. The molecule has 0 bridgehead atoms. The molecule has 0 radical (unpaired) electrons. The zero-order valence-electron chi connectivity index (χ0n) is 18.2. The molecule has 1 saturated heterocycles. The van der Waals surface area contributed by atoms with Crippen molar-refractivity contribution in [2.45, 2.75) is 37.6 Å². The van der Waals surface area contributed by atoms with Crippen molar-refractivity contribution in [2.75, 3.05) is 32.8 Å². The van der Waals surface area contributed by atoms with E-state index in [1.54, 1.807) is 13.0 Å². The molecule has 10 nitrogen and oxygen atoms in total. The average molecular weight is 464 g/mol. The fourth-order valence-electron chi connectivity index (χ4n) is 3.44. The van der Waals surface area contributed by atoms with Crippen molar-refractivity contribution in [3.05, 3.63) is 40.3 Å². The van der Waals surface area contributed by atoms with Crippen LogP contribution in [0.15, 0.2) is 34.0 Å². The van der Waals surface area contributed by atoms with Crippen molar-refractivity contribution in [1.29, 1.82) is 5.41 Å². The molecule has 0 amide bonds. The minimum atomic E-state index is -3.75. The lowest BCUT2D eigenvalue weighted by molar-refractivity contribution is 0.208. The summed E-state index contributed by atoms with van der Waals surface area (Å²) in [6.45, 7) is 5.10. The number of sulfonamides is 1. The summed E-state index contributed by atoms with van der Waals surface area (Å²) in [5.74, 6) is 0.542. The fourth-order valence-corrected chi connectivity index (χ4v) is 4.99. The van der Waals surface area contributed by atoms with Crippen LogP contribution in [-0.2, 0) is 10.0 Å². The summed E-state index contributed by atoms with van der Waals surface area (Å²) < 4.78 is 33.2. The van der Waals surface area contributed by atoms with Crippen LogP contribution in [0.25, 0.3) is 11.4 Å². The molecule has 0 spiro atoms. The largest absolute Gasteiger partial charge is 0.493 e. The molecular weight excluding hydrogens is 434 g/mol. The van der Waals surface area contributed by atoms with Gasteiger partial charge in [0.15, 0.2) is 0 Å². The minimum absolute atomic E-state index is 0.00151. The first-order chi connectivity index (χ1) is 15.3. The Balaban J connectivity index is 1.98. The van der Waals surface area contributed by atoms with Crippen LogP contribution in [0.5, 0.6) is 5.75 Å². The fraction of sp³-hybridized carbons (Fsp3) is 0.476. The summed E-state index contributed by atoms with van der Waals surface area (Å²) in [7, 11) is -3.75. The van der Waals surface area contributed by atoms with E-state index in [-0.39, 0.29) is 34.8 Å². The number of aromatic nitrogens is 2. The van der Waals surface area contributed by atoms with Gasteiger partial charge in [-0.25, -0.2) is 13.4 Å². The topological polar surface area (TPSA) is 148 Å². The molecule has 1 aromatic heterocycles. The summed E-state index contributed by atoms with van der Waals surface area (Å²) in [5, 5.41) is 20.1. The lowest BCUT2D eigenvalue weighted by atomic mass is 10.1. The molecular formula is C21H29N5O5S. The molecule has 0 unspecified atom stereocenters. The summed E-state index contributed by atoms with van der Waals surface area (Å²) in [6, 6.07) is 5.73. The molecule has 0 aliphatic carbocycles. The summed E-state index contributed by atoms with van der Waals surface area (Å²) in [5.41, 5.74) is 0.402. The smallest absolute Gasteiger partial charge is 0.251 e. The Morgan fingerprint density at radius 1 is 1.34 bits per heavy atom. The lowest BCUT2D eigenvalue weighted by Gasteiger charge is -2.38. The summed E-state index contributed by atoms with van der Waals surface area (Å²) in [6.07, 6.45) is 1.22. The van der Waals surface area contributed by atoms with Crippen LogP contribution in [0.1, 0.15) is 32.4 Å². The summed E-state index contributed by atoms with van der Waals surface area (Å²) >= 11 is 0. The maximum atomic E-state index is 13.1. The molecule has 11 heteroatoms. The van der Waals surface area contributed by atoms with Crippen molar-refractivity contribution in [3.8, 4) is 17.1 Å². The number of aliphatic hydroxyl groups excluding tert-OH is 1. The zero-order chi connectivity index (χ0) is 23.3. The van der Waals surface area contributed by atoms with E-state index in [1.165, 1.54) is 22.5 Å². The van der Waals surface area contributed by atoms with Gasteiger partial charge in [0.2, 0.25) is 10.0 Å². The maximum Gasteiger partial charge on any atom is 0.251 e. The third-order valence-electron chi connectivity index (χ3n) is 5.09. The number of rotatable bonds is 11. The first kappa shape index (κ1) is 24.1. The van der Waals surface area contributed by atoms with Gasteiger partial charge < -0.3 is 25.6 Å². The van der Waals surface area contributed by atoms with E-state index in [4.69, 9.17) is 15.3 Å². The lowest BCUT2D eigenvalue weighted by Crippen LogP contribution is -2.59. The van der Waals surface area contributed by atoms with Crippen LogP contribution in [-0.4, -0.2) is 72.4 Å². The van der Waals surface area contributed by atoms with Crippen LogP contribution < -0.4 is 15.6 Å². The number of hydrogen-bond donors (Lipinski definition) is 4. The van der Waals surface area contributed by atoms with Crippen LogP contribution in [0.4, 0.5) is 0 Å². The van der Waals surface area contributed by atoms with E-state index in [0.717, 1.165) is 6.42 Å². The van der Waals surface area contributed by atoms with Gasteiger partial charge in [-0.1, -0.05) is 13.3 Å². The van der Waals surface area contributed by atoms with Gasteiger partial charge >= 0.3 is 0 Å². The highest BCUT2D eigenvalue weighted by Gasteiger charge is 2.36. The van der Waals surface area contributed by atoms with Gasteiger partial charge in [-0.05, 0) is 31.5 Å². The Morgan fingerprint density at radius 3 is 2.75 bits per heavy atom. The molecule has 1 aromatic carbocycles. The Labute approximate surface area is 187 Å². The Morgan fingerprint density at radius 2 is 2.09 bits per heavy atom. The maximum absolute atomic E-state index is 13.1. The van der Waals surface area contributed by atoms with E-state index in [2.05, 4.69) is 15.3 Å². The Bertz CT molecular complexity index is 1130. The van der Waals surface area contributed by atoms with E-state index in [9.17, 15) is 13.2 Å². The monoisotopic (exact) mass is 463 g/mol. The van der Waals surface area contributed by atoms with Crippen molar-refractivity contribution in [3.63, 3.8) is 0 Å². The predicted molar refractivity (Wildman–Crippen MR) is 121 cm³/mol. The number of benzene rings is 1. The van der Waals surface area contributed by atoms with Gasteiger partial charge in [-0.3, -0.25) is 4.79 Å². The van der Waals surface area contributed by atoms with Crippen LogP contribution in [0.3, 0.4) is 0 Å². The summed E-state index contributed by atoms with van der Waals surface area (Å²) in [4.78, 5) is 19.4. The predicted octanol–water partition coefficient (Wildman–Crippen LogP) is 0.958. The first-order valence-electron chi connectivity index (χ1n) is 10.6. The Kier molecular flexibility index (Phi) is 7.77. The molecule has 2 heterocycles. The molecule has 2 aromatic rings. The SMILES string of the molecule is CCCC(=N)c1cc(=O)[nH]c(-c2cc(S(=O)(=O)N3CC(NCCO)C3)ccc2OCC)n1. The van der Waals surface area contributed by atoms with Crippen molar-refractivity contribution in [2.24, 2.45) is 0 Å². The molecule has 3 rings (SSSR count). The zero-order valence-corrected chi connectivity index (χ0v) is 19.0. The molecule has 1 aliphatic heterocycles. The van der Waals surface area contributed by atoms with Crippen molar-refractivity contribution in [1.82, 2.24) is 19.6 Å². The number of nitrogens with one attached hydrogen (secondary N) is 3. The van der Waals surface area contributed by atoms with Gasteiger partial charge in [0, 0.05) is 31.7 Å². The molecule has 1 aliphatic rings. The van der Waals surface area contributed by atoms with E-state index in [1.807, 2.05) is 6.92 Å². The van der Waals surface area contributed by atoms with Crippen LogP contribution in [0.2, 0.25) is 0 Å². The normalized spacial score (nSPS) is 14.8. The number of H-pyrrole nitrogens is 1. The second kappa shape index (κ2) is 10.3. The molecule has 1 fully saturated rings. The van der Waals surface area contributed by atoms with Crippen molar-refractivity contribution >= 4 is 15.7 Å². The highest BCUT2D eigenvalue weighted by Crippen LogP contribution is 2.32. The third-order valence-corrected chi connectivity index (χ3v) is 6.92. The third kappa shape index (κ3) is 5.23. The standard InChI is InChI=1S/C21H29N5O5S/c1-3-5-17(22)18-11-20(28)25-21(24-18)16-10-15(6-7-19(16)31-4-2)32(29,30)26-12-14(13-26)23-8-9-27/h6-7,10-11,14,22-23,27H,3-5,8-9,12-13H2,1-2H3,(H,24,25,28). The van der Waals surface area contributed by atoms with Gasteiger partial charge in [-0.2, -0.15) is 4.31 Å². The van der Waals surface area contributed by atoms with E-state index < -0.39 is 15.6 Å². The van der Waals surface area contributed by atoms with Crippen LogP contribution >= 0.6 is 0 Å². The number of aromatic amines is 1. The van der Waals surface area contributed by atoms with E-state index in [0.29, 0.717) is 44.0 Å². The number of aliphatic hydroxyl groups is 1. The highest BCUT2D eigenvalue weighted by atomic mass is 32.2. The van der Waals surface area contributed by atoms with Crippen molar-refractivity contribution < 1.29 is 18.3 Å². The second-order valence-electron chi connectivity index (χ2n) is 7.50. The molecule has 0 atom stereocenters.